The van der Waals surface area contributed by atoms with Crippen LogP contribution < -0.4 is 19.9 Å². The molecule has 4 rings (SSSR count). The Morgan fingerprint density at radius 1 is 1.08 bits per heavy atom. The number of nitrogens with zero attached hydrogens (tertiary/aromatic N) is 5. The second-order valence-corrected chi connectivity index (χ2v) is 9.08. The molecule has 8 heteroatoms. The van der Waals surface area contributed by atoms with E-state index in [-0.39, 0.29) is 5.91 Å². The van der Waals surface area contributed by atoms with Gasteiger partial charge in [-0.1, -0.05) is 36.4 Å². The molecule has 0 unspecified atom stereocenters. The molecule has 1 aliphatic heterocycles. The van der Waals surface area contributed by atoms with Crippen LogP contribution in [0.25, 0.3) is 0 Å². The van der Waals surface area contributed by atoms with Crippen molar-refractivity contribution in [3.05, 3.63) is 71.9 Å². The maximum Gasteiger partial charge on any atom is 0.263 e. The van der Waals surface area contributed by atoms with Crippen LogP contribution >= 0.6 is 0 Å². The Labute approximate surface area is 213 Å². The first-order chi connectivity index (χ1) is 17.5. The SMILES string of the molecule is CCNc1ncc2c(n1)N(C)CCN(c1cccc(OCCCN(C)CCc3ccccc3)c1)C2=O. The van der Waals surface area contributed by atoms with Crippen molar-refractivity contribution >= 4 is 23.4 Å². The van der Waals surface area contributed by atoms with Gasteiger partial charge >= 0.3 is 0 Å². The third kappa shape index (κ3) is 6.51. The van der Waals surface area contributed by atoms with Crippen molar-refractivity contribution in [1.29, 1.82) is 0 Å². The number of rotatable bonds is 11. The van der Waals surface area contributed by atoms with Gasteiger partial charge in [-0.2, -0.15) is 4.98 Å². The zero-order valence-corrected chi connectivity index (χ0v) is 21.5. The molecule has 0 atom stereocenters. The van der Waals surface area contributed by atoms with Crippen LogP contribution in [0.3, 0.4) is 0 Å². The van der Waals surface area contributed by atoms with Gasteiger partial charge in [-0.15, -0.1) is 0 Å². The molecule has 2 heterocycles. The van der Waals surface area contributed by atoms with Crippen molar-refractivity contribution in [2.45, 2.75) is 19.8 Å². The summed E-state index contributed by atoms with van der Waals surface area (Å²) in [6.45, 7) is 6.55. The predicted octanol–water partition coefficient (Wildman–Crippen LogP) is 3.95. The van der Waals surface area contributed by atoms with Crippen LogP contribution in [-0.4, -0.2) is 74.2 Å². The fourth-order valence-corrected chi connectivity index (χ4v) is 4.25. The van der Waals surface area contributed by atoms with Gasteiger partial charge < -0.3 is 24.8 Å². The lowest BCUT2D eigenvalue weighted by Crippen LogP contribution is -2.33. The Kier molecular flexibility index (Phi) is 8.73. The summed E-state index contributed by atoms with van der Waals surface area (Å²) < 4.78 is 6.04. The van der Waals surface area contributed by atoms with E-state index in [1.807, 2.05) is 43.1 Å². The van der Waals surface area contributed by atoms with Gasteiger partial charge in [-0.25, -0.2) is 4.98 Å². The predicted molar refractivity (Wildman–Crippen MR) is 145 cm³/mol. The van der Waals surface area contributed by atoms with Crippen LogP contribution in [0, 0.1) is 0 Å². The molecule has 0 fully saturated rings. The van der Waals surface area contributed by atoms with Gasteiger partial charge in [0.1, 0.15) is 17.1 Å². The van der Waals surface area contributed by atoms with Crippen LogP contribution in [-0.2, 0) is 6.42 Å². The van der Waals surface area contributed by atoms with E-state index >= 15 is 0 Å². The van der Waals surface area contributed by atoms with E-state index in [4.69, 9.17) is 4.74 Å². The highest BCUT2D eigenvalue weighted by Crippen LogP contribution is 2.28. The molecule has 0 spiro atoms. The summed E-state index contributed by atoms with van der Waals surface area (Å²) in [6.07, 6.45) is 3.60. The van der Waals surface area contributed by atoms with Gasteiger partial charge in [0, 0.05) is 57.7 Å². The fraction of sp³-hybridized carbons (Fsp3) is 0.393. The van der Waals surface area contributed by atoms with Gasteiger partial charge in [0.25, 0.3) is 5.91 Å². The van der Waals surface area contributed by atoms with Crippen molar-refractivity contribution in [1.82, 2.24) is 14.9 Å². The minimum absolute atomic E-state index is 0.102. The molecular weight excluding hydrogens is 452 g/mol. The first kappa shape index (κ1) is 25.4. The van der Waals surface area contributed by atoms with E-state index in [9.17, 15) is 4.79 Å². The minimum Gasteiger partial charge on any atom is -0.493 e. The number of fused-ring (bicyclic) bond motifs is 1. The van der Waals surface area contributed by atoms with Gasteiger partial charge in [0.2, 0.25) is 5.95 Å². The molecule has 1 aliphatic rings. The lowest BCUT2D eigenvalue weighted by atomic mass is 10.1. The Balaban J connectivity index is 1.33. The van der Waals surface area contributed by atoms with Crippen LogP contribution in [0.1, 0.15) is 29.3 Å². The van der Waals surface area contributed by atoms with Crippen molar-refractivity contribution < 1.29 is 9.53 Å². The number of hydrogen-bond acceptors (Lipinski definition) is 7. The minimum atomic E-state index is -0.102. The quantitative estimate of drug-likeness (QED) is 0.410. The van der Waals surface area contributed by atoms with Crippen LogP contribution in [0.5, 0.6) is 5.75 Å². The molecule has 0 saturated heterocycles. The lowest BCUT2D eigenvalue weighted by molar-refractivity contribution is 0.0989. The number of hydrogen-bond donors (Lipinski definition) is 1. The van der Waals surface area contributed by atoms with Gasteiger partial charge in [-0.3, -0.25) is 4.79 Å². The second kappa shape index (κ2) is 12.4. The third-order valence-electron chi connectivity index (χ3n) is 6.31. The zero-order chi connectivity index (χ0) is 25.3. The number of carbonyl (C=O) groups excluding carboxylic acids is 1. The topological polar surface area (TPSA) is 73.8 Å². The Morgan fingerprint density at radius 3 is 2.72 bits per heavy atom. The maximum atomic E-state index is 13.4. The monoisotopic (exact) mass is 488 g/mol. The Bertz CT molecular complexity index is 1140. The molecule has 2 aromatic carbocycles. The van der Waals surface area contributed by atoms with Crippen molar-refractivity contribution in [3.8, 4) is 5.75 Å². The van der Waals surface area contributed by atoms with E-state index in [1.165, 1.54) is 5.56 Å². The molecule has 1 aromatic heterocycles. The first-order valence-electron chi connectivity index (χ1n) is 12.6. The summed E-state index contributed by atoms with van der Waals surface area (Å²) in [5, 5.41) is 3.12. The highest BCUT2D eigenvalue weighted by Gasteiger charge is 2.28. The van der Waals surface area contributed by atoms with E-state index in [0.717, 1.165) is 43.9 Å². The summed E-state index contributed by atoms with van der Waals surface area (Å²) in [7, 11) is 4.10. The van der Waals surface area contributed by atoms with Gasteiger partial charge in [-0.05, 0) is 44.5 Å². The van der Waals surface area contributed by atoms with Gasteiger partial charge in [0.05, 0.1) is 6.61 Å². The highest BCUT2D eigenvalue weighted by atomic mass is 16.5. The summed E-state index contributed by atoms with van der Waals surface area (Å²) in [4.78, 5) is 28.4. The molecule has 8 nitrogen and oxygen atoms in total. The molecule has 36 heavy (non-hydrogen) atoms. The van der Waals surface area contributed by atoms with E-state index in [1.54, 1.807) is 11.1 Å². The largest absolute Gasteiger partial charge is 0.493 e. The van der Waals surface area contributed by atoms with Crippen molar-refractivity contribution in [3.63, 3.8) is 0 Å². The number of ether oxygens (including phenoxy) is 1. The number of amides is 1. The molecule has 0 saturated carbocycles. The first-order valence-corrected chi connectivity index (χ1v) is 12.6. The molecule has 3 aromatic rings. The van der Waals surface area contributed by atoms with Crippen LogP contribution in [0.4, 0.5) is 17.5 Å². The van der Waals surface area contributed by atoms with Crippen LogP contribution in [0.2, 0.25) is 0 Å². The summed E-state index contributed by atoms with van der Waals surface area (Å²) in [5.74, 6) is 1.85. The molecule has 1 N–H and O–H groups in total. The fourth-order valence-electron chi connectivity index (χ4n) is 4.25. The Morgan fingerprint density at radius 2 is 1.92 bits per heavy atom. The summed E-state index contributed by atoms with van der Waals surface area (Å²) in [6, 6.07) is 18.3. The summed E-state index contributed by atoms with van der Waals surface area (Å²) in [5.41, 5.74) is 2.68. The lowest BCUT2D eigenvalue weighted by Gasteiger charge is -2.22. The van der Waals surface area contributed by atoms with Crippen LogP contribution in [0.15, 0.2) is 60.8 Å². The molecule has 0 bridgehead atoms. The number of aromatic nitrogens is 2. The number of benzene rings is 2. The average molecular weight is 489 g/mol. The van der Waals surface area contributed by atoms with Gasteiger partial charge in [0.15, 0.2) is 0 Å². The smallest absolute Gasteiger partial charge is 0.263 e. The van der Waals surface area contributed by atoms with Crippen molar-refractivity contribution in [2.24, 2.45) is 0 Å². The van der Waals surface area contributed by atoms with E-state index in [0.29, 0.717) is 37.0 Å². The zero-order valence-electron chi connectivity index (χ0n) is 21.5. The number of anilines is 3. The molecular formula is C28H36N6O2. The molecule has 0 aliphatic carbocycles. The van der Waals surface area contributed by atoms with E-state index < -0.39 is 0 Å². The molecule has 1 amide bonds. The molecule has 190 valence electrons. The number of carbonyl (C=O) groups is 1. The van der Waals surface area contributed by atoms with E-state index in [2.05, 4.69) is 57.6 Å². The number of nitrogens with one attached hydrogen (secondary N) is 1. The molecule has 0 radical (unpaired) electrons. The van der Waals surface area contributed by atoms with Crippen molar-refractivity contribution in [2.75, 3.05) is 68.5 Å². The number of likely N-dealkylation sites (N-methyl/N-ethyl adjacent to an activating group) is 2. The third-order valence-corrected chi connectivity index (χ3v) is 6.31. The Hall–Kier alpha value is -3.65. The average Bonchev–Trinajstić information content (AvgIpc) is 3.02. The maximum absolute atomic E-state index is 13.4. The normalized spacial score (nSPS) is 13.5. The standard InChI is InChI=1S/C28H36N6O2/c1-4-29-28-30-21-25-26(31-28)33(3)17-18-34(27(25)35)23-12-8-13-24(20-23)36-19-9-15-32(2)16-14-22-10-6-5-7-11-22/h5-8,10-13,20-21H,4,9,14-19H2,1-3H3,(H,29,30,31). The summed E-state index contributed by atoms with van der Waals surface area (Å²) >= 11 is 0. The highest BCUT2D eigenvalue weighted by molar-refractivity contribution is 6.09. The second-order valence-electron chi connectivity index (χ2n) is 9.08.